The number of hydrogen-bond donors (Lipinski definition) is 1. The number of rotatable bonds is 5. The molecule has 0 aliphatic carbocycles. The highest BCUT2D eigenvalue weighted by molar-refractivity contribution is 5.25. The van der Waals surface area contributed by atoms with Crippen LogP contribution in [-0.4, -0.2) is 13.1 Å². The number of hydrogen-bond acceptors (Lipinski definition) is 2. The molecule has 0 bridgehead atoms. The van der Waals surface area contributed by atoms with Gasteiger partial charge in [-0.1, -0.05) is 48.5 Å². The fourth-order valence-electron chi connectivity index (χ4n) is 1.90. The van der Waals surface area contributed by atoms with Crippen molar-refractivity contribution >= 4 is 0 Å². The average molecular weight is 241 g/mol. The summed E-state index contributed by atoms with van der Waals surface area (Å²) in [5.74, 6) is 0.897. The standard InChI is InChI=1S/C16H19NO/c1-13(17-2)16(14-9-5-3-6-10-14)18-15-11-7-4-8-12-15/h3-13,16-17H,1-2H3/t13-,16-/m0/s1. The van der Waals surface area contributed by atoms with Gasteiger partial charge in [0.1, 0.15) is 11.9 Å². The van der Waals surface area contributed by atoms with Crippen LogP contribution < -0.4 is 10.1 Å². The first-order chi connectivity index (χ1) is 8.81. The Kier molecular flexibility index (Phi) is 4.37. The van der Waals surface area contributed by atoms with Crippen LogP contribution in [0.4, 0.5) is 0 Å². The van der Waals surface area contributed by atoms with Crippen molar-refractivity contribution in [2.24, 2.45) is 0 Å². The van der Waals surface area contributed by atoms with Gasteiger partial charge in [0.2, 0.25) is 0 Å². The van der Waals surface area contributed by atoms with E-state index in [4.69, 9.17) is 4.74 Å². The molecule has 94 valence electrons. The van der Waals surface area contributed by atoms with Gasteiger partial charge >= 0.3 is 0 Å². The lowest BCUT2D eigenvalue weighted by molar-refractivity contribution is 0.166. The van der Waals surface area contributed by atoms with Crippen molar-refractivity contribution in [1.29, 1.82) is 0 Å². The molecule has 0 aliphatic rings. The highest BCUT2D eigenvalue weighted by Crippen LogP contribution is 2.24. The predicted molar refractivity (Wildman–Crippen MR) is 74.8 cm³/mol. The first-order valence-corrected chi connectivity index (χ1v) is 6.25. The normalized spacial score (nSPS) is 13.9. The zero-order valence-corrected chi connectivity index (χ0v) is 10.8. The molecule has 0 radical (unpaired) electrons. The Morgan fingerprint density at radius 3 is 2.00 bits per heavy atom. The predicted octanol–water partition coefficient (Wildman–Crippen LogP) is 3.41. The Hall–Kier alpha value is -1.80. The Labute approximate surface area is 109 Å². The van der Waals surface area contributed by atoms with Gasteiger partial charge < -0.3 is 10.1 Å². The molecule has 0 saturated heterocycles. The third-order valence-corrected chi connectivity index (χ3v) is 3.04. The molecule has 0 fully saturated rings. The van der Waals surface area contributed by atoms with Crippen LogP contribution in [-0.2, 0) is 0 Å². The van der Waals surface area contributed by atoms with Crippen molar-refractivity contribution in [3.05, 3.63) is 66.2 Å². The van der Waals surface area contributed by atoms with Crippen LogP contribution >= 0.6 is 0 Å². The molecule has 2 nitrogen and oxygen atoms in total. The monoisotopic (exact) mass is 241 g/mol. The van der Waals surface area contributed by atoms with Gasteiger partial charge in [0.25, 0.3) is 0 Å². The molecule has 1 N–H and O–H groups in total. The average Bonchev–Trinajstić information content (AvgIpc) is 2.46. The first kappa shape index (κ1) is 12.7. The van der Waals surface area contributed by atoms with E-state index in [0.717, 1.165) is 5.75 Å². The number of nitrogens with one attached hydrogen (secondary N) is 1. The first-order valence-electron chi connectivity index (χ1n) is 6.25. The second-order valence-electron chi connectivity index (χ2n) is 4.34. The quantitative estimate of drug-likeness (QED) is 0.866. The second-order valence-corrected chi connectivity index (χ2v) is 4.34. The highest BCUT2D eigenvalue weighted by Gasteiger charge is 2.19. The van der Waals surface area contributed by atoms with Crippen molar-refractivity contribution in [2.45, 2.75) is 19.1 Å². The molecule has 0 aromatic heterocycles. The molecule has 0 aliphatic heterocycles. The van der Waals surface area contributed by atoms with Gasteiger partial charge in [-0.05, 0) is 31.7 Å². The lowest BCUT2D eigenvalue weighted by Crippen LogP contribution is -2.32. The maximum absolute atomic E-state index is 6.09. The zero-order valence-electron chi connectivity index (χ0n) is 10.8. The number of likely N-dealkylation sites (N-methyl/N-ethyl adjacent to an activating group) is 1. The molecule has 0 heterocycles. The summed E-state index contributed by atoms with van der Waals surface area (Å²) in [4.78, 5) is 0. The number of ether oxygens (including phenoxy) is 1. The van der Waals surface area contributed by atoms with Crippen LogP contribution in [0.2, 0.25) is 0 Å². The van der Waals surface area contributed by atoms with Gasteiger partial charge in [-0.2, -0.15) is 0 Å². The minimum atomic E-state index is 0.0126. The molecule has 18 heavy (non-hydrogen) atoms. The van der Waals surface area contributed by atoms with Crippen molar-refractivity contribution in [3.63, 3.8) is 0 Å². The molecule has 0 spiro atoms. The summed E-state index contributed by atoms with van der Waals surface area (Å²) in [7, 11) is 1.95. The number of para-hydroxylation sites is 1. The van der Waals surface area contributed by atoms with Crippen molar-refractivity contribution in [3.8, 4) is 5.75 Å². The van der Waals surface area contributed by atoms with E-state index in [0.29, 0.717) is 0 Å². The highest BCUT2D eigenvalue weighted by atomic mass is 16.5. The smallest absolute Gasteiger partial charge is 0.139 e. The largest absolute Gasteiger partial charge is 0.484 e. The van der Waals surface area contributed by atoms with Gasteiger partial charge in [0.05, 0.1) is 0 Å². The van der Waals surface area contributed by atoms with E-state index in [2.05, 4.69) is 24.4 Å². The third kappa shape index (κ3) is 3.11. The van der Waals surface area contributed by atoms with Crippen LogP contribution in [0.15, 0.2) is 60.7 Å². The summed E-state index contributed by atoms with van der Waals surface area (Å²) >= 11 is 0. The van der Waals surface area contributed by atoms with Gasteiger partial charge in [-0.25, -0.2) is 0 Å². The van der Waals surface area contributed by atoms with Crippen molar-refractivity contribution < 1.29 is 4.74 Å². The molecular formula is C16H19NO. The Morgan fingerprint density at radius 1 is 0.889 bits per heavy atom. The minimum absolute atomic E-state index is 0.0126. The topological polar surface area (TPSA) is 21.3 Å². The van der Waals surface area contributed by atoms with Crippen LogP contribution in [0, 0.1) is 0 Å². The molecule has 2 heteroatoms. The summed E-state index contributed by atoms with van der Waals surface area (Å²) in [5, 5.41) is 3.26. The van der Waals surface area contributed by atoms with Gasteiger partial charge in [0, 0.05) is 6.04 Å². The van der Waals surface area contributed by atoms with Crippen LogP contribution in [0.3, 0.4) is 0 Å². The van der Waals surface area contributed by atoms with Crippen LogP contribution in [0.5, 0.6) is 5.75 Å². The van der Waals surface area contributed by atoms with E-state index in [-0.39, 0.29) is 12.1 Å². The molecule has 2 aromatic carbocycles. The molecule has 0 amide bonds. The zero-order chi connectivity index (χ0) is 12.8. The summed E-state index contributed by atoms with van der Waals surface area (Å²) in [6, 6.07) is 20.5. The van der Waals surface area contributed by atoms with Crippen LogP contribution in [0.25, 0.3) is 0 Å². The molecule has 0 saturated carbocycles. The minimum Gasteiger partial charge on any atom is -0.484 e. The second kappa shape index (κ2) is 6.22. The summed E-state index contributed by atoms with van der Waals surface area (Å²) in [5.41, 5.74) is 1.18. The SMILES string of the molecule is CN[C@@H](C)[C@H](Oc1ccccc1)c1ccccc1. The maximum Gasteiger partial charge on any atom is 0.139 e. The summed E-state index contributed by atoms with van der Waals surface area (Å²) < 4.78 is 6.09. The maximum atomic E-state index is 6.09. The molecule has 2 atom stereocenters. The lowest BCUT2D eigenvalue weighted by atomic mass is 10.0. The molecule has 2 rings (SSSR count). The van der Waals surface area contributed by atoms with E-state index in [9.17, 15) is 0 Å². The van der Waals surface area contributed by atoms with Crippen LogP contribution in [0.1, 0.15) is 18.6 Å². The van der Waals surface area contributed by atoms with E-state index in [1.807, 2.05) is 55.6 Å². The fraction of sp³-hybridized carbons (Fsp3) is 0.250. The van der Waals surface area contributed by atoms with Crippen molar-refractivity contribution in [1.82, 2.24) is 5.32 Å². The Morgan fingerprint density at radius 2 is 1.44 bits per heavy atom. The lowest BCUT2D eigenvalue weighted by Gasteiger charge is -2.25. The van der Waals surface area contributed by atoms with Gasteiger partial charge in [-0.15, -0.1) is 0 Å². The van der Waals surface area contributed by atoms with Gasteiger partial charge in [-0.3, -0.25) is 0 Å². The Bertz CT molecular complexity index is 455. The van der Waals surface area contributed by atoms with E-state index in [1.54, 1.807) is 0 Å². The summed E-state index contributed by atoms with van der Waals surface area (Å²) in [6.07, 6.45) is 0.0126. The van der Waals surface area contributed by atoms with Gasteiger partial charge in [0.15, 0.2) is 0 Å². The Balaban J connectivity index is 2.21. The fourth-order valence-corrected chi connectivity index (χ4v) is 1.90. The van der Waals surface area contributed by atoms with E-state index in [1.165, 1.54) is 5.56 Å². The van der Waals surface area contributed by atoms with Crippen molar-refractivity contribution in [2.75, 3.05) is 7.05 Å². The molecule has 2 aromatic rings. The van der Waals surface area contributed by atoms with E-state index < -0.39 is 0 Å². The molecule has 0 unspecified atom stereocenters. The molecular weight excluding hydrogens is 222 g/mol. The number of benzene rings is 2. The summed E-state index contributed by atoms with van der Waals surface area (Å²) in [6.45, 7) is 2.13. The third-order valence-electron chi connectivity index (χ3n) is 3.04. The van der Waals surface area contributed by atoms with E-state index >= 15 is 0 Å².